The number of rotatable bonds is 3. The summed E-state index contributed by atoms with van der Waals surface area (Å²) in [6, 6.07) is 8.63. The van der Waals surface area contributed by atoms with Crippen LogP contribution in [0, 0.1) is 0 Å². The zero-order valence-electron chi connectivity index (χ0n) is 14.9. The van der Waals surface area contributed by atoms with Crippen LogP contribution in [-0.4, -0.2) is 21.0 Å². The molecule has 28 heavy (non-hydrogen) atoms. The molecule has 0 amide bonds. The van der Waals surface area contributed by atoms with Crippen LogP contribution in [0.2, 0.25) is 0 Å². The van der Waals surface area contributed by atoms with E-state index in [1.807, 2.05) is 0 Å². The number of hydrogen-bond acceptors (Lipinski definition) is 5. The summed E-state index contributed by atoms with van der Waals surface area (Å²) in [4.78, 5) is 13.3. The monoisotopic (exact) mass is 385 g/mol. The Morgan fingerprint density at radius 1 is 1.07 bits per heavy atom. The fraction of sp³-hybridized carbons (Fsp3) is 0.250. The second-order valence-corrected chi connectivity index (χ2v) is 6.76. The predicted octanol–water partition coefficient (Wildman–Crippen LogP) is 4.12. The molecule has 1 aliphatic carbocycles. The van der Waals surface area contributed by atoms with Crippen molar-refractivity contribution in [3.63, 3.8) is 0 Å². The lowest BCUT2D eigenvalue weighted by Gasteiger charge is -2.24. The van der Waals surface area contributed by atoms with Gasteiger partial charge in [-0.25, -0.2) is 9.97 Å². The van der Waals surface area contributed by atoms with Crippen molar-refractivity contribution in [2.45, 2.75) is 31.5 Å². The highest BCUT2D eigenvalue weighted by Crippen LogP contribution is 2.33. The van der Waals surface area contributed by atoms with Gasteiger partial charge in [0.25, 0.3) is 0 Å². The normalized spacial score (nSPS) is 16.5. The van der Waals surface area contributed by atoms with Gasteiger partial charge in [0, 0.05) is 40.9 Å². The van der Waals surface area contributed by atoms with Crippen LogP contribution < -0.4 is 11.1 Å². The smallest absolute Gasteiger partial charge is 0.340 e. The maximum Gasteiger partial charge on any atom is 0.416 e. The standard InChI is InChI=1S/C20H18F3N5/c21-20(22,23)13-2-1-3-15(10-13)26-19-16-11-14(24)4-5-17(16)27-18(28-19)12-6-8-25-9-7-12/h1-3,6-10,14H,4-5,11,24H2,(H,26,27,28)/t14-/m1/s1. The first-order valence-corrected chi connectivity index (χ1v) is 8.90. The number of nitrogens with one attached hydrogen (secondary N) is 1. The number of aromatic nitrogens is 3. The lowest BCUT2D eigenvalue weighted by Crippen LogP contribution is -2.29. The molecule has 0 spiro atoms. The highest BCUT2D eigenvalue weighted by Gasteiger charge is 2.30. The third-order valence-electron chi connectivity index (χ3n) is 4.70. The van der Waals surface area contributed by atoms with Gasteiger partial charge in [-0.2, -0.15) is 13.2 Å². The number of anilines is 2. The summed E-state index contributed by atoms with van der Waals surface area (Å²) in [5.74, 6) is 0.998. The van der Waals surface area contributed by atoms with Gasteiger partial charge in [0.2, 0.25) is 0 Å². The molecule has 3 N–H and O–H groups in total. The Labute approximate surface area is 159 Å². The minimum atomic E-state index is -4.41. The van der Waals surface area contributed by atoms with Crippen LogP contribution in [0.3, 0.4) is 0 Å². The number of nitrogens with two attached hydrogens (primary N) is 1. The van der Waals surface area contributed by atoms with Crippen molar-refractivity contribution < 1.29 is 13.2 Å². The van der Waals surface area contributed by atoms with Crippen molar-refractivity contribution in [3.05, 3.63) is 65.6 Å². The number of alkyl halides is 3. The number of pyridine rings is 1. The third kappa shape index (κ3) is 3.82. The van der Waals surface area contributed by atoms with Crippen LogP contribution in [0.25, 0.3) is 11.4 Å². The molecule has 0 radical (unpaired) electrons. The van der Waals surface area contributed by atoms with Crippen LogP contribution in [0.5, 0.6) is 0 Å². The first-order valence-electron chi connectivity index (χ1n) is 8.90. The number of hydrogen-bond donors (Lipinski definition) is 2. The van der Waals surface area contributed by atoms with Crippen LogP contribution in [-0.2, 0) is 19.0 Å². The average Bonchev–Trinajstić information content (AvgIpc) is 2.68. The molecule has 8 heteroatoms. The first-order chi connectivity index (χ1) is 13.4. The Morgan fingerprint density at radius 2 is 1.86 bits per heavy atom. The molecule has 4 rings (SSSR count). The maximum absolute atomic E-state index is 13.0. The molecule has 5 nitrogen and oxygen atoms in total. The van der Waals surface area contributed by atoms with Crippen molar-refractivity contribution in [1.82, 2.24) is 15.0 Å². The van der Waals surface area contributed by atoms with Crippen LogP contribution in [0.4, 0.5) is 24.7 Å². The Bertz CT molecular complexity index is 989. The van der Waals surface area contributed by atoms with Gasteiger partial charge >= 0.3 is 6.18 Å². The Hall–Kier alpha value is -3.00. The number of fused-ring (bicyclic) bond motifs is 1. The Balaban J connectivity index is 1.77. The molecule has 0 saturated carbocycles. The minimum Gasteiger partial charge on any atom is -0.340 e. The van der Waals surface area contributed by atoms with E-state index >= 15 is 0 Å². The van der Waals surface area contributed by atoms with E-state index in [0.717, 1.165) is 35.4 Å². The van der Waals surface area contributed by atoms with Crippen molar-refractivity contribution in [3.8, 4) is 11.4 Å². The van der Waals surface area contributed by atoms with Gasteiger partial charge < -0.3 is 11.1 Å². The second kappa shape index (κ2) is 7.20. The highest BCUT2D eigenvalue weighted by molar-refractivity contribution is 5.65. The second-order valence-electron chi connectivity index (χ2n) is 6.76. The van der Waals surface area contributed by atoms with E-state index in [0.29, 0.717) is 30.2 Å². The van der Waals surface area contributed by atoms with Crippen molar-refractivity contribution in [1.29, 1.82) is 0 Å². The van der Waals surface area contributed by atoms with E-state index in [1.165, 1.54) is 6.07 Å². The quantitative estimate of drug-likeness (QED) is 0.709. The minimum absolute atomic E-state index is 0.0232. The molecule has 0 saturated heterocycles. The molecular formula is C20H18F3N5. The molecule has 1 aliphatic rings. The summed E-state index contributed by atoms with van der Waals surface area (Å²) in [5.41, 5.74) is 8.22. The molecule has 0 aliphatic heterocycles. The van der Waals surface area contributed by atoms with Gasteiger partial charge in [-0.1, -0.05) is 6.07 Å². The number of aryl methyl sites for hydroxylation is 1. The van der Waals surface area contributed by atoms with E-state index in [9.17, 15) is 13.2 Å². The number of nitrogens with zero attached hydrogens (tertiary/aromatic N) is 3. The summed E-state index contributed by atoms with van der Waals surface area (Å²) in [6.45, 7) is 0. The zero-order valence-corrected chi connectivity index (χ0v) is 14.9. The average molecular weight is 385 g/mol. The molecule has 2 heterocycles. The van der Waals surface area contributed by atoms with Crippen LogP contribution in [0.15, 0.2) is 48.8 Å². The molecule has 0 fully saturated rings. The predicted molar refractivity (Wildman–Crippen MR) is 100.0 cm³/mol. The number of halogens is 3. The highest BCUT2D eigenvalue weighted by atomic mass is 19.4. The SMILES string of the molecule is N[C@@H]1CCc2nc(-c3ccncc3)nc(Nc3cccc(C(F)(F)F)c3)c2C1. The molecule has 144 valence electrons. The van der Waals surface area contributed by atoms with E-state index in [2.05, 4.69) is 20.3 Å². The van der Waals surface area contributed by atoms with Crippen molar-refractivity contribution in [2.75, 3.05) is 5.32 Å². The Kier molecular flexibility index (Phi) is 4.72. The fourth-order valence-electron chi connectivity index (χ4n) is 3.28. The first kappa shape index (κ1) is 18.4. The van der Waals surface area contributed by atoms with Gasteiger partial charge in [0.15, 0.2) is 5.82 Å². The summed E-state index contributed by atoms with van der Waals surface area (Å²) in [7, 11) is 0. The van der Waals surface area contributed by atoms with Crippen LogP contribution in [0.1, 0.15) is 23.2 Å². The van der Waals surface area contributed by atoms with E-state index in [4.69, 9.17) is 5.73 Å². The van der Waals surface area contributed by atoms with E-state index in [-0.39, 0.29) is 6.04 Å². The molecular weight excluding hydrogens is 367 g/mol. The van der Waals surface area contributed by atoms with E-state index in [1.54, 1.807) is 30.6 Å². The fourth-order valence-corrected chi connectivity index (χ4v) is 3.28. The molecule has 3 aromatic rings. The third-order valence-corrected chi connectivity index (χ3v) is 4.70. The summed E-state index contributed by atoms with van der Waals surface area (Å²) in [5, 5.41) is 3.05. The molecule has 1 atom stereocenters. The molecule has 1 aromatic carbocycles. The summed E-state index contributed by atoms with van der Waals surface area (Å²) < 4.78 is 39.1. The van der Waals surface area contributed by atoms with Gasteiger partial charge in [-0.05, 0) is 49.6 Å². The van der Waals surface area contributed by atoms with Gasteiger partial charge in [0.05, 0.1) is 5.56 Å². The molecule has 0 bridgehead atoms. The zero-order chi connectivity index (χ0) is 19.7. The summed E-state index contributed by atoms with van der Waals surface area (Å²) >= 11 is 0. The van der Waals surface area contributed by atoms with Crippen molar-refractivity contribution >= 4 is 11.5 Å². The topological polar surface area (TPSA) is 76.7 Å². The molecule has 0 unspecified atom stereocenters. The van der Waals surface area contributed by atoms with E-state index < -0.39 is 11.7 Å². The van der Waals surface area contributed by atoms with Gasteiger partial charge in [-0.3, -0.25) is 4.98 Å². The molecule has 2 aromatic heterocycles. The van der Waals surface area contributed by atoms with Gasteiger partial charge in [-0.15, -0.1) is 0 Å². The lowest BCUT2D eigenvalue weighted by atomic mass is 9.92. The van der Waals surface area contributed by atoms with Crippen molar-refractivity contribution in [2.24, 2.45) is 5.73 Å². The number of benzene rings is 1. The largest absolute Gasteiger partial charge is 0.416 e. The maximum atomic E-state index is 13.0. The lowest BCUT2D eigenvalue weighted by molar-refractivity contribution is -0.137. The Morgan fingerprint density at radius 3 is 2.61 bits per heavy atom. The van der Waals surface area contributed by atoms with Gasteiger partial charge in [0.1, 0.15) is 5.82 Å². The summed E-state index contributed by atoms with van der Waals surface area (Å²) in [6.07, 6.45) is 0.972. The van der Waals surface area contributed by atoms with Crippen LogP contribution >= 0.6 is 0 Å².